The van der Waals surface area contributed by atoms with Gasteiger partial charge in [-0.2, -0.15) is 0 Å². The van der Waals surface area contributed by atoms with Gasteiger partial charge in [0, 0.05) is 11.5 Å². The molecule has 0 N–H and O–H groups in total. The highest BCUT2D eigenvalue weighted by molar-refractivity contribution is 5.75. The first kappa shape index (κ1) is 29.7. The van der Waals surface area contributed by atoms with Crippen LogP contribution in [-0.4, -0.2) is 25.5 Å². The van der Waals surface area contributed by atoms with E-state index in [9.17, 15) is 9.59 Å². The number of aryl methyl sites for hydroxylation is 1. The highest BCUT2D eigenvalue weighted by Crippen LogP contribution is 2.43. The van der Waals surface area contributed by atoms with Gasteiger partial charge in [0.15, 0.2) is 0 Å². The Kier molecular flexibility index (Phi) is 10.9. The molecule has 0 amide bonds. The van der Waals surface area contributed by atoms with Crippen molar-refractivity contribution in [1.82, 2.24) is 0 Å². The van der Waals surface area contributed by atoms with E-state index in [-0.39, 0.29) is 31.4 Å². The van der Waals surface area contributed by atoms with E-state index < -0.39 is 10.8 Å². The summed E-state index contributed by atoms with van der Waals surface area (Å²) in [6.07, 6.45) is 9.56. The van der Waals surface area contributed by atoms with Gasteiger partial charge in [-0.25, -0.2) is 0 Å². The van der Waals surface area contributed by atoms with Gasteiger partial charge >= 0.3 is 11.9 Å². The molecule has 0 fully saturated rings. The van der Waals surface area contributed by atoms with Crippen LogP contribution in [-0.2, 0) is 25.5 Å². The largest absolute Gasteiger partial charge is 0.457 e. The molecule has 0 aromatic heterocycles. The number of esters is 2. The summed E-state index contributed by atoms with van der Waals surface area (Å²) >= 11 is 0. The molecule has 1 atom stereocenters. The average Bonchev–Trinajstić information content (AvgIpc) is 2.77. The molecular weight excluding hydrogens is 456 g/mol. The van der Waals surface area contributed by atoms with Gasteiger partial charge in [0.2, 0.25) is 13.6 Å². The van der Waals surface area contributed by atoms with Crippen molar-refractivity contribution in [3.63, 3.8) is 0 Å². The first-order chi connectivity index (χ1) is 16.8. The summed E-state index contributed by atoms with van der Waals surface area (Å²) in [6.45, 7) is 14.9. The first-order valence-corrected chi connectivity index (χ1v) is 13.3. The molecule has 1 aromatic carbocycles. The Bertz CT molecular complexity index is 863. The van der Waals surface area contributed by atoms with E-state index >= 15 is 0 Å². The molecule has 1 aliphatic rings. The van der Waals surface area contributed by atoms with E-state index in [0.29, 0.717) is 11.5 Å². The van der Waals surface area contributed by atoms with Crippen molar-refractivity contribution in [2.75, 3.05) is 13.6 Å². The van der Waals surface area contributed by atoms with Crippen LogP contribution in [0, 0.1) is 10.8 Å². The third-order valence-electron chi connectivity index (χ3n) is 6.21. The van der Waals surface area contributed by atoms with Crippen molar-refractivity contribution >= 4 is 11.9 Å². The Hall–Kier alpha value is -2.50. The van der Waals surface area contributed by atoms with Gasteiger partial charge in [-0.3, -0.25) is 9.59 Å². The fraction of sp³-hybridized carbons (Fsp3) is 0.667. The number of carbonyl (C=O) groups excluding carboxylic acids is 2. The Balaban J connectivity index is 2.39. The van der Waals surface area contributed by atoms with E-state index in [4.69, 9.17) is 18.9 Å². The molecule has 6 nitrogen and oxygen atoms in total. The predicted octanol–water partition coefficient (Wildman–Crippen LogP) is 7.48. The van der Waals surface area contributed by atoms with Crippen LogP contribution in [0.25, 0.3) is 0 Å². The van der Waals surface area contributed by atoms with Crippen molar-refractivity contribution in [3.05, 3.63) is 34.9 Å². The second-order valence-corrected chi connectivity index (χ2v) is 11.9. The zero-order valence-electron chi connectivity index (χ0n) is 23.6. The molecule has 1 unspecified atom stereocenters. The lowest BCUT2D eigenvalue weighted by atomic mass is 9.84. The minimum Gasteiger partial charge on any atom is -0.457 e. The van der Waals surface area contributed by atoms with Gasteiger partial charge in [-0.15, -0.1) is 0 Å². The van der Waals surface area contributed by atoms with Crippen molar-refractivity contribution in [2.24, 2.45) is 10.8 Å². The van der Waals surface area contributed by atoms with Gasteiger partial charge in [-0.05, 0) is 98.3 Å². The van der Waals surface area contributed by atoms with Crippen LogP contribution in [0.1, 0.15) is 111 Å². The molecule has 0 saturated heterocycles. The second kappa shape index (κ2) is 13.2. The maximum atomic E-state index is 12.3. The van der Waals surface area contributed by atoms with E-state index in [1.54, 1.807) is 0 Å². The van der Waals surface area contributed by atoms with Gasteiger partial charge in [0.05, 0.1) is 10.8 Å². The topological polar surface area (TPSA) is 71.1 Å². The first-order valence-electron chi connectivity index (χ1n) is 13.3. The molecule has 6 heteroatoms. The Morgan fingerprint density at radius 3 is 1.86 bits per heavy atom. The standard InChI is InChI=1S/C30H46O6/c1-9-10-11-14-22-17-24(33-19-35-27(31)29(3,4)5)26(23-15-12-13-21(2)16-23)25(18-22)34-20-36-28(32)30(6,7)8/h16-18,23H,9-15,19-20H2,1-8H3. The number of allylic oxidation sites excluding steroid dienone is 2. The van der Waals surface area contributed by atoms with E-state index in [1.165, 1.54) is 5.57 Å². The normalized spacial score (nSPS) is 16.2. The number of unbranched alkanes of at least 4 members (excludes halogenated alkanes) is 2. The highest BCUT2D eigenvalue weighted by Gasteiger charge is 2.27. The summed E-state index contributed by atoms with van der Waals surface area (Å²) in [6, 6.07) is 4.09. The Labute approximate surface area is 217 Å². The fourth-order valence-corrected chi connectivity index (χ4v) is 4.05. The lowest BCUT2D eigenvalue weighted by molar-refractivity contribution is -0.160. The van der Waals surface area contributed by atoms with E-state index in [2.05, 4.69) is 19.9 Å². The van der Waals surface area contributed by atoms with Crippen molar-refractivity contribution in [1.29, 1.82) is 0 Å². The molecule has 1 aromatic rings. The molecule has 0 saturated carbocycles. The summed E-state index contributed by atoms with van der Waals surface area (Å²) in [5, 5.41) is 0. The molecular formula is C30H46O6. The van der Waals surface area contributed by atoms with E-state index in [1.807, 2.05) is 53.7 Å². The molecule has 0 aliphatic heterocycles. The SMILES string of the molecule is CCCCCc1cc(OCOC(=O)C(C)(C)C)c(C2C=C(C)CCC2)c(OCOC(=O)C(C)(C)C)c1. The predicted molar refractivity (Wildman–Crippen MR) is 142 cm³/mol. The summed E-state index contributed by atoms with van der Waals surface area (Å²) in [5.74, 6) is 0.770. The zero-order valence-corrected chi connectivity index (χ0v) is 23.6. The lowest BCUT2D eigenvalue weighted by Gasteiger charge is -2.26. The smallest absolute Gasteiger partial charge is 0.314 e. The number of hydrogen-bond acceptors (Lipinski definition) is 6. The number of ether oxygens (including phenoxy) is 4. The minimum absolute atomic E-state index is 0.102. The molecule has 0 spiro atoms. The Morgan fingerprint density at radius 2 is 1.42 bits per heavy atom. The monoisotopic (exact) mass is 502 g/mol. The fourth-order valence-electron chi connectivity index (χ4n) is 4.05. The minimum atomic E-state index is -0.609. The number of carbonyl (C=O) groups is 2. The lowest BCUT2D eigenvalue weighted by Crippen LogP contribution is -2.25. The maximum absolute atomic E-state index is 12.3. The van der Waals surface area contributed by atoms with Crippen molar-refractivity contribution in [3.8, 4) is 11.5 Å². The number of hydrogen-bond donors (Lipinski definition) is 0. The molecule has 1 aliphatic carbocycles. The highest BCUT2D eigenvalue weighted by atomic mass is 16.7. The third kappa shape index (κ3) is 9.18. The third-order valence-corrected chi connectivity index (χ3v) is 6.21. The summed E-state index contributed by atoms with van der Waals surface area (Å²) in [5.41, 5.74) is 2.10. The molecule has 0 bridgehead atoms. The van der Waals surface area contributed by atoms with Crippen LogP contribution in [0.4, 0.5) is 0 Å². The second-order valence-electron chi connectivity index (χ2n) is 11.9. The molecule has 36 heavy (non-hydrogen) atoms. The molecule has 202 valence electrons. The summed E-state index contributed by atoms with van der Waals surface area (Å²) < 4.78 is 23.0. The summed E-state index contributed by atoms with van der Waals surface area (Å²) in [7, 11) is 0. The van der Waals surface area contributed by atoms with Crippen LogP contribution in [0.15, 0.2) is 23.8 Å². The average molecular weight is 503 g/mol. The van der Waals surface area contributed by atoms with Gasteiger partial charge in [0.25, 0.3) is 0 Å². The van der Waals surface area contributed by atoms with Crippen LogP contribution < -0.4 is 9.47 Å². The molecule has 0 radical (unpaired) electrons. The van der Waals surface area contributed by atoms with Crippen LogP contribution in [0.5, 0.6) is 11.5 Å². The molecule has 0 heterocycles. The van der Waals surface area contributed by atoms with Crippen LogP contribution in [0.2, 0.25) is 0 Å². The number of benzene rings is 1. The summed E-state index contributed by atoms with van der Waals surface area (Å²) in [4.78, 5) is 24.6. The van der Waals surface area contributed by atoms with E-state index in [0.717, 1.165) is 56.1 Å². The van der Waals surface area contributed by atoms with Crippen molar-refractivity contribution in [2.45, 2.75) is 106 Å². The van der Waals surface area contributed by atoms with Crippen LogP contribution in [0.3, 0.4) is 0 Å². The van der Waals surface area contributed by atoms with Gasteiger partial charge < -0.3 is 18.9 Å². The van der Waals surface area contributed by atoms with Gasteiger partial charge in [0.1, 0.15) is 11.5 Å². The number of rotatable bonds is 11. The van der Waals surface area contributed by atoms with Crippen LogP contribution >= 0.6 is 0 Å². The van der Waals surface area contributed by atoms with Gasteiger partial charge in [-0.1, -0.05) is 31.4 Å². The zero-order chi connectivity index (χ0) is 26.9. The van der Waals surface area contributed by atoms with Crippen molar-refractivity contribution < 1.29 is 28.5 Å². The quantitative estimate of drug-likeness (QED) is 0.135. The Morgan fingerprint density at radius 1 is 0.889 bits per heavy atom. The maximum Gasteiger partial charge on any atom is 0.314 e. The molecule has 2 rings (SSSR count).